The molecule has 9 heteroatoms. The average Bonchev–Trinajstić information content (AvgIpc) is 3.06. The molecule has 2 amide bonds. The van der Waals surface area contributed by atoms with Gasteiger partial charge in [-0.05, 0) is 81.6 Å². The Morgan fingerprint density at radius 1 is 1.06 bits per heavy atom. The van der Waals surface area contributed by atoms with Gasteiger partial charge in [-0.3, -0.25) is 14.5 Å². The normalized spacial score (nSPS) is 20.1. The zero-order chi connectivity index (χ0) is 33.8. The summed E-state index contributed by atoms with van der Waals surface area (Å²) in [5.74, 6) is 0.820. The zero-order valence-corrected chi connectivity index (χ0v) is 28.5. The predicted octanol–water partition coefficient (Wildman–Crippen LogP) is 5.80. The fraction of sp³-hybridized carbons (Fsp3) is 0.474. The summed E-state index contributed by atoms with van der Waals surface area (Å²) in [6.07, 6.45) is 2.58. The first-order chi connectivity index (χ1) is 22.7. The molecule has 1 aliphatic rings. The van der Waals surface area contributed by atoms with Crippen LogP contribution >= 0.6 is 0 Å². The SMILES string of the molecule is COc1ccc(CN(C)C[C@H]2OCCCC[C@@H](C)Oc3ccc(NC(=O)Cc4ccccc4)cc3C(=O)N([C@@H](C)CO)C[C@H]2C)cc1. The largest absolute Gasteiger partial charge is 0.497 e. The van der Waals surface area contributed by atoms with E-state index in [1.807, 2.05) is 56.3 Å². The van der Waals surface area contributed by atoms with Crippen molar-refractivity contribution in [1.29, 1.82) is 0 Å². The van der Waals surface area contributed by atoms with Crippen LogP contribution in [0.1, 0.15) is 61.5 Å². The summed E-state index contributed by atoms with van der Waals surface area (Å²) in [4.78, 5) is 31.2. The first kappa shape index (κ1) is 35.9. The minimum Gasteiger partial charge on any atom is -0.497 e. The van der Waals surface area contributed by atoms with Gasteiger partial charge in [0.15, 0.2) is 0 Å². The number of likely N-dealkylation sites (N-methyl/N-ethyl adjacent to an activating group) is 1. The summed E-state index contributed by atoms with van der Waals surface area (Å²) in [6, 6.07) is 22.4. The van der Waals surface area contributed by atoms with Crippen LogP contribution in [0.3, 0.4) is 0 Å². The van der Waals surface area contributed by atoms with Gasteiger partial charge in [-0.15, -0.1) is 0 Å². The van der Waals surface area contributed by atoms with Gasteiger partial charge in [0, 0.05) is 37.8 Å². The van der Waals surface area contributed by atoms with E-state index in [1.165, 1.54) is 5.56 Å². The number of benzene rings is 3. The number of ether oxygens (including phenoxy) is 3. The van der Waals surface area contributed by atoms with Crippen molar-refractivity contribution in [3.63, 3.8) is 0 Å². The van der Waals surface area contributed by atoms with Crippen LogP contribution in [0.25, 0.3) is 0 Å². The summed E-state index contributed by atoms with van der Waals surface area (Å²) in [5, 5.41) is 13.2. The third-order valence-electron chi connectivity index (χ3n) is 8.65. The van der Waals surface area contributed by atoms with E-state index in [9.17, 15) is 14.7 Å². The number of anilines is 1. The maximum atomic E-state index is 14.4. The van der Waals surface area contributed by atoms with Crippen molar-refractivity contribution >= 4 is 17.5 Å². The second-order valence-electron chi connectivity index (χ2n) is 12.8. The van der Waals surface area contributed by atoms with Crippen molar-refractivity contribution in [2.45, 2.75) is 71.2 Å². The Morgan fingerprint density at radius 2 is 1.81 bits per heavy atom. The predicted molar refractivity (Wildman–Crippen MR) is 185 cm³/mol. The first-order valence-corrected chi connectivity index (χ1v) is 16.7. The molecule has 2 N–H and O–H groups in total. The van der Waals surface area contributed by atoms with Crippen LogP contribution in [-0.2, 0) is 22.5 Å². The summed E-state index contributed by atoms with van der Waals surface area (Å²) in [7, 11) is 3.74. The molecule has 9 nitrogen and oxygen atoms in total. The molecule has 47 heavy (non-hydrogen) atoms. The third-order valence-corrected chi connectivity index (χ3v) is 8.65. The molecule has 3 aromatic carbocycles. The standard InChI is InChI=1S/C38H51N3O6/c1-27-23-41(28(2)26-42)38(44)34-22-32(39-37(43)21-30-12-7-6-8-13-30)16-19-35(34)47-29(3)11-9-10-20-46-36(27)25-40(4)24-31-14-17-33(45-5)18-15-31/h6-8,12-19,22,27-29,36,42H,9-11,20-21,23-26H2,1-5H3,(H,39,43)/t27-,28+,29-,36-/m1/s1. The monoisotopic (exact) mass is 645 g/mol. The molecule has 254 valence electrons. The van der Waals surface area contributed by atoms with Crippen LogP contribution in [-0.4, -0.2) is 85.4 Å². The Hall–Kier alpha value is -3.92. The molecular weight excluding hydrogens is 594 g/mol. The van der Waals surface area contributed by atoms with Crippen molar-refractivity contribution in [3.05, 3.63) is 89.5 Å². The number of aliphatic hydroxyl groups excluding tert-OH is 1. The number of carbonyl (C=O) groups excluding carboxylic acids is 2. The molecule has 0 radical (unpaired) electrons. The number of hydrogen-bond donors (Lipinski definition) is 2. The topological polar surface area (TPSA) is 101 Å². The smallest absolute Gasteiger partial charge is 0.258 e. The summed E-state index contributed by atoms with van der Waals surface area (Å²) in [6.45, 7) is 8.16. The van der Waals surface area contributed by atoms with Gasteiger partial charge in [0.2, 0.25) is 5.91 Å². The Balaban J connectivity index is 1.57. The maximum absolute atomic E-state index is 14.4. The lowest BCUT2D eigenvalue weighted by Crippen LogP contribution is -2.47. The minimum absolute atomic E-state index is 0.0359. The van der Waals surface area contributed by atoms with E-state index in [-0.39, 0.29) is 43.0 Å². The van der Waals surface area contributed by atoms with Gasteiger partial charge in [0.05, 0.1) is 44.0 Å². The van der Waals surface area contributed by atoms with Crippen LogP contribution in [0.15, 0.2) is 72.8 Å². The third kappa shape index (κ3) is 10.8. The number of amides is 2. The van der Waals surface area contributed by atoms with Crippen LogP contribution in [0.5, 0.6) is 11.5 Å². The zero-order valence-electron chi connectivity index (χ0n) is 28.5. The second-order valence-corrected chi connectivity index (χ2v) is 12.8. The van der Waals surface area contributed by atoms with Gasteiger partial charge in [-0.25, -0.2) is 0 Å². The number of methoxy groups -OCH3 is 1. The van der Waals surface area contributed by atoms with Gasteiger partial charge < -0.3 is 29.5 Å². The maximum Gasteiger partial charge on any atom is 0.258 e. The summed E-state index contributed by atoms with van der Waals surface area (Å²) >= 11 is 0. The molecule has 1 aliphatic heterocycles. The highest BCUT2D eigenvalue weighted by molar-refractivity contribution is 6.00. The lowest BCUT2D eigenvalue weighted by atomic mass is 10.0. The quantitative estimate of drug-likeness (QED) is 0.287. The average molecular weight is 646 g/mol. The number of nitrogens with one attached hydrogen (secondary N) is 1. The Bertz CT molecular complexity index is 1420. The molecule has 1 heterocycles. The van der Waals surface area contributed by atoms with E-state index in [0.717, 1.165) is 37.1 Å². The van der Waals surface area contributed by atoms with Crippen molar-refractivity contribution in [3.8, 4) is 11.5 Å². The van der Waals surface area contributed by atoms with Crippen LogP contribution < -0.4 is 14.8 Å². The van der Waals surface area contributed by atoms with Gasteiger partial charge in [0.1, 0.15) is 11.5 Å². The molecular formula is C38H51N3O6. The molecule has 0 fully saturated rings. The lowest BCUT2D eigenvalue weighted by Gasteiger charge is -2.36. The van der Waals surface area contributed by atoms with Crippen molar-refractivity contribution < 1.29 is 28.9 Å². The van der Waals surface area contributed by atoms with E-state index in [0.29, 0.717) is 36.7 Å². The second kappa shape index (κ2) is 17.8. The number of rotatable bonds is 10. The number of hydrogen-bond acceptors (Lipinski definition) is 7. The molecule has 4 rings (SSSR count). The van der Waals surface area contributed by atoms with E-state index >= 15 is 0 Å². The lowest BCUT2D eigenvalue weighted by molar-refractivity contribution is -0.115. The molecule has 0 saturated heterocycles. The van der Waals surface area contributed by atoms with E-state index < -0.39 is 6.04 Å². The molecule has 0 spiro atoms. The Labute approximate surface area is 279 Å². The molecule has 0 bridgehead atoms. The van der Waals surface area contributed by atoms with Gasteiger partial charge in [0.25, 0.3) is 5.91 Å². The molecule has 0 aromatic heterocycles. The molecule has 4 atom stereocenters. The van der Waals surface area contributed by atoms with Gasteiger partial charge in [-0.2, -0.15) is 0 Å². The Kier molecular flexibility index (Phi) is 13.6. The highest BCUT2D eigenvalue weighted by Gasteiger charge is 2.30. The molecule has 0 saturated carbocycles. The summed E-state index contributed by atoms with van der Waals surface area (Å²) < 4.78 is 18.1. The van der Waals surface area contributed by atoms with Gasteiger partial charge in [-0.1, -0.05) is 49.4 Å². The van der Waals surface area contributed by atoms with E-state index in [1.54, 1.807) is 30.2 Å². The minimum atomic E-state index is -0.447. The van der Waals surface area contributed by atoms with Crippen LogP contribution in [0, 0.1) is 5.92 Å². The van der Waals surface area contributed by atoms with E-state index in [4.69, 9.17) is 14.2 Å². The van der Waals surface area contributed by atoms with Crippen LogP contribution in [0.4, 0.5) is 5.69 Å². The summed E-state index contributed by atoms with van der Waals surface area (Å²) in [5.41, 5.74) is 2.94. The number of aliphatic hydroxyl groups is 1. The fourth-order valence-corrected chi connectivity index (χ4v) is 5.86. The Morgan fingerprint density at radius 3 is 2.51 bits per heavy atom. The number of fused-ring (bicyclic) bond motifs is 1. The van der Waals surface area contributed by atoms with Crippen molar-refractivity contribution in [2.75, 3.05) is 45.8 Å². The van der Waals surface area contributed by atoms with Gasteiger partial charge >= 0.3 is 0 Å². The molecule has 0 unspecified atom stereocenters. The number of carbonyl (C=O) groups is 2. The molecule has 0 aliphatic carbocycles. The van der Waals surface area contributed by atoms with E-state index in [2.05, 4.69) is 36.3 Å². The highest BCUT2D eigenvalue weighted by Crippen LogP contribution is 2.29. The highest BCUT2D eigenvalue weighted by atomic mass is 16.5. The fourth-order valence-electron chi connectivity index (χ4n) is 5.86. The van der Waals surface area contributed by atoms with Crippen molar-refractivity contribution in [2.24, 2.45) is 5.92 Å². The van der Waals surface area contributed by atoms with Crippen molar-refractivity contribution in [1.82, 2.24) is 9.80 Å². The first-order valence-electron chi connectivity index (χ1n) is 16.7. The van der Waals surface area contributed by atoms with Crippen LogP contribution in [0.2, 0.25) is 0 Å². The number of nitrogens with zero attached hydrogens (tertiary/aromatic N) is 2. The molecule has 3 aromatic rings.